The summed E-state index contributed by atoms with van der Waals surface area (Å²) in [5, 5.41) is 19.2. The lowest BCUT2D eigenvalue weighted by molar-refractivity contribution is -0.144. The van der Waals surface area contributed by atoms with E-state index < -0.39 is 24.5 Å². The zero-order valence-electron chi connectivity index (χ0n) is 16.8. The number of nitrogen functional groups attached to an aromatic ring is 1. The summed E-state index contributed by atoms with van der Waals surface area (Å²) in [5.41, 5.74) is 7.97. The van der Waals surface area contributed by atoms with Gasteiger partial charge in [-0.15, -0.1) is 0 Å². The molecular formula is C22H22N4O5. The first-order chi connectivity index (χ1) is 14.7. The number of carbonyl (C=O) groups is 4. The number of amides is 2. The van der Waals surface area contributed by atoms with Crippen LogP contribution in [0.15, 0.2) is 42.5 Å². The van der Waals surface area contributed by atoms with Gasteiger partial charge in [0.15, 0.2) is 5.78 Å². The summed E-state index contributed by atoms with van der Waals surface area (Å²) in [6.07, 6.45) is 0.773. The number of Topliss-reactive ketones (excluding diaryl/α,β-unsaturated/α-hetero) is 1. The Balaban J connectivity index is 1.76. The van der Waals surface area contributed by atoms with Crippen LogP contribution in [0.25, 0.3) is 0 Å². The largest absolute Gasteiger partial charge is 0.480 e. The number of benzene rings is 2. The quantitative estimate of drug-likeness (QED) is 0.410. The molecule has 1 unspecified atom stereocenters. The maximum Gasteiger partial charge on any atom is 0.323 e. The van der Waals surface area contributed by atoms with Crippen LogP contribution >= 0.6 is 0 Å². The summed E-state index contributed by atoms with van der Waals surface area (Å²) in [4.78, 5) is 49.4. The number of aliphatic carboxylic acids is 1. The maximum absolute atomic E-state index is 12.9. The van der Waals surface area contributed by atoms with Crippen molar-refractivity contribution in [3.63, 3.8) is 0 Å². The first-order valence-corrected chi connectivity index (χ1v) is 9.59. The second-order valence-corrected chi connectivity index (χ2v) is 7.28. The fraction of sp³-hybridized carbons (Fsp3) is 0.227. The van der Waals surface area contributed by atoms with Crippen LogP contribution in [0.3, 0.4) is 0 Å². The number of nitrogens with two attached hydrogens (primary N) is 1. The molecule has 0 fully saturated rings. The molecule has 9 nitrogen and oxygen atoms in total. The van der Waals surface area contributed by atoms with Gasteiger partial charge >= 0.3 is 5.97 Å². The minimum Gasteiger partial charge on any atom is -0.480 e. The van der Waals surface area contributed by atoms with Crippen molar-refractivity contribution in [2.75, 3.05) is 11.9 Å². The number of carbonyl (C=O) groups excluding carboxylic acids is 3. The number of amidine groups is 1. The second-order valence-electron chi connectivity index (χ2n) is 7.28. The van der Waals surface area contributed by atoms with Crippen LogP contribution in [0.5, 0.6) is 0 Å². The topological polar surface area (TPSA) is 154 Å². The van der Waals surface area contributed by atoms with Gasteiger partial charge in [0.2, 0.25) is 5.91 Å². The number of nitrogens with zero attached hydrogens (tertiary/aromatic N) is 1. The van der Waals surface area contributed by atoms with E-state index in [0.717, 1.165) is 10.5 Å². The molecule has 0 saturated heterocycles. The molecule has 0 spiro atoms. The maximum atomic E-state index is 12.9. The van der Waals surface area contributed by atoms with E-state index in [9.17, 15) is 19.2 Å². The molecule has 160 valence electrons. The van der Waals surface area contributed by atoms with Gasteiger partial charge in [0.1, 0.15) is 12.4 Å². The van der Waals surface area contributed by atoms with Crippen LogP contribution in [0.1, 0.15) is 45.2 Å². The molecule has 0 saturated carbocycles. The van der Waals surface area contributed by atoms with E-state index in [1.165, 1.54) is 6.92 Å². The van der Waals surface area contributed by atoms with Crippen molar-refractivity contribution in [2.24, 2.45) is 5.73 Å². The van der Waals surface area contributed by atoms with Crippen molar-refractivity contribution in [2.45, 2.75) is 25.8 Å². The Morgan fingerprint density at radius 3 is 2.39 bits per heavy atom. The highest BCUT2D eigenvalue weighted by Crippen LogP contribution is 2.27. The third-order valence-electron chi connectivity index (χ3n) is 5.16. The Hall–Kier alpha value is -4.01. The molecule has 0 aromatic heterocycles. The summed E-state index contributed by atoms with van der Waals surface area (Å²) < 4.78 is 0. The number of rotatable bonds is 6. The first kappa shape index (κ1) is 21.7. The number of hydrogen-bond acceptors (Lipinski definition) is 5. The summed E-state index contributed by atoms with van der Waals surface area (Å²) >= 11 is 0. The highest BCUT2D eigenvalue weighted by molar-refractivity contribution is 6.07. The Bertz CT molecular complexity index is 1080. The van der Waals surface area contributed by atoms with E-state index >= 15 is 0 Å². The summed E-state index contributed by atoms with van der Waals surface area (Å²) in [7, 11) is 0. The molecule has 0 aliphatic heterocycles. The molecule has 0 heterocycles. The van der Waals surface area contributed by atoms with Crippen LogP contribution in [0, 0.1) is 5.41 Å². The van der Waals surface area contributed by atoms with Crippen LogP contribution in [0.4, 0.5) is 5.69 Å². The van der Waals surface area contributed by atoms with E-state index in [-0.39, 0.29) is 17.5 Å². The van der Waals surface area contributed by atoms with Gasteiger partial charge in [0.05, 0.1) is 6.04 Å². The number of carboxylic acid groups (broad SMARTS) is 1. The first-order valence-electron chi connectivity index (χ1n) is 9.59. The lowest BCUT2D eigenvalue weighted by Crippen LogP contribution is -2.48. The summed E-state index contributed by atoms with van der Waals surface area (Å²) in [6, 6.07) is 10.4. The smallest absolute Gasteiger partial charge is 0.323 e. The molecule has 1 atom stereocenters. The highest BCUT2D eigenvalue weighted by atomic mass is 16.4. The number of carboxylic acids is 1. The fourth-order valence-corrected chi connectivity index (χ4v) is 3.61. The van der Waals surface area contributed by atoms with Crippen LogP contribution in [-0.2, 0) is 16.0 Å². The Kier molecular flexibility index (Phi) is 6.15. The minimum atomic E-state index is -1.18. The molecule has 0 radical (unpaired) electrons. The standard InChI is InChI=1S/C22H22N4O5/c1-12(27)26(11-19(28)29)18-9-6-15-10-16(7-8-17(15)20(18)30)25-22(31)14-4-2-13(3-5-14)21(23)24/h2-5,7-8,10,18H,6,9,11H2,1H3,(H3,23,24)(H,25,31)(H,28,29). The summed E-state index contributed by atoms with van der Waals surface area (Å²) in [5.74, 6) is -2.39. The molecular weight excluding hydrogens is 400 g/mol. The fourth-order valence-electron chi connectivity index (χ4n) is 3.61. The molecule has 3 rings (SSSR count). The van der Waals surface area contributed by atoms with Crippen molar-refractivity contribution >= 4 is 35.1 Å². The number of fused-ring (bicyclic) bond motifs is 1. The van der Waals surface area contributed by atoms with E-state index in [4.69, 9.17) is 16.2 Å². The predicted molar refractivity (Wildman–Crippen MR) is 113 cm³/mol. The molecule has 0 bridgehead atoms. The lowest BCUT2D eigenvalue weighted by atomic mass is 9.86. The predicted octanol–water partition coefficient (Wildman–Crippen LogP) is 1.65. The van der Waals surface area contributed by atoms with Gasteiger partial charge in [0.25, 0.3) is 5.91 Å². The van der Waals surface area contributed by atoms with Crippen LogP contribution in [0.2, 0.25) is 0 Å². The van der Waals surface area contributed by atoms with Crippen molar-refractivity contribution in [1.82, 2.24) is 4.90 Å². The van der Waals surface area contributed by atoms with Gasteiger partial charge in [0, 0.05) is 29.3 Å². The van der Waals surface area contributed by atoms with Gasteiger partial charge in [-0.1, -0.05) is 12.1 Å². The molecule has 1 aliphatic rings. The SMILES string of the molecule is CC(=O)N(CC(=O)O)C1CCc2cc(NC(=O)c3ccc(C(=N)N)cc3)ccc2C1=O. The molecule has 5 N–H and O–H groups in total. The minimum absolute atomic E-state index is 0.0867. The van der Waals surface area contributed by atoms with E-state index in [2.05, 4.69) is 5.32 Å². The van der Waals surface area contributed by atoms with Crippen molar-refractivity contribution in [1.29, 1.82) is 5.41 Å². The highest BCUT2D eigenvalue weighted by Gasteiger charge is 2.34. The van der Waals surface area contributed by atoms with E-state index in [1.54, 1.807) is 42.5 Å². The molecule has 9 heteroatoms. The molecule has 1 aliphatic carbocycles. The monoisotopic (exact) mass is 422 g/mol. The third-order valence-corrected chi connectivity index (χ3v) is 5.16. The number of nitrogens with one attached hydrogen (secondary N) is 2. The number of hydrogen-bond donors (Lipinski definition) is 4. The lowest BCUT2D eigenvalue weighted by Gasteiger charge is -2.32. The Morgan fingerprint density at radius 1 is 1.16 bits per heavy atom. The zero-order chi connectivity index (χ0) is 22.7. The van der Waals surface area contributed by atoms with Crippen molar-refractivity contribution in [3.05, 3.63) is 64.7 Å². The van der Waals surface area contributed by atoms with Crippen LogP contribution < -0.4 is 11.1 Å². The van der Waals surface area contributed by atoms with Gasteiger partial charge in [-0.05, 0) is 48.7 Å². The van der Waals surface area contributed by atoms with Crippen LogP contribution in [-0.4, -0.2) is 52.0 Å². The molecule has 31 heavy (non-hydrogen) atoms. The van der Waals surface area contributed by atoms with Gasteiger partial charge in [-0.3, -0.25) is 24.6 Å². The number of anilines is 1. The number of aryl methyl sites for hydroxylation is 1. The number of ketones is 1. The van der Waals surface area contributed by atoms with Gasteiger partial charge in [-0.2, -0.15) is 0 Å². The van der Waals surface area contributed by atoms with E-state index in [1.807, 2.05) is 0 Å². The normalized spacial score (nSPS) is 15.0. The van der Waals surface area contributed by atoms with Crippen molar-refractivity contribution in [3.8, 4) is 0 Å². The van der Waals surface area contributed by atoms with E-state index in [0.29, 0.717) is 35.2 Å². The average Bonchev–Trinajstić information content (AvgIpc) is 2.72. The molecule has 2 aromatic carbocycles. The van der Waals surface area contributed by atoms with Crippen molar-refractivity contribution < 1.29 is 24.3 Å². The summed E-state index contributed by atoms with van der Waals surface area (Å²) in [6.45, 7) is 0.713. The van der Waals surface area contributed by atoms with Gasteiger partial charge in [-0.25, -0.2) is 0 Å². The zero-order valence-corrected chi connectivity index (χ0v) is 16.8. The molecule has 2 amide bonds. The Morgan fingerprint density at radius 2 is 1.81 bits per heavy atom. The molecule has 2 aromatic rings. The Labute approximate surface area is 178 Å². The average molecular weight is 422 g/mol. The van der Waals surface area contributed by atoms with Gasteiger partial charge < -0.3 is 21.1 Å². The third kappa shape index (κ3) is 4.77. The second kappa shape index (κ2) is 8.78.